The fraction of sp³-hybridized carbons (Fsp3) is 0.130. The number of rotatable bonds is 7. The second-order valence-electron chi connectivity index (χ2n) is 6.73. The average molecular weight is 442 g/mol. The Kier molecular flexibility index (Phi) is 7.33. The van der Waals surface area contributed by atoms with Crippen molar-refractivity contribution in [3.63, 3.8) is 0 Å². The number of anilines is 1. The summed E-state index contributed by atoms with van der Waals surface area (Å²) >= 11 is 12.0. The number of hydrogen-bond donors (Lipinski definition) is 1. The lowest BCUT2D eigenvalue weighted by Gasteiger charge is -2.11. The molecule has 0 saturated heterocycles. The number of carbonyl (C=O) groups is 1. The van der Waals surface area contributed by atoms with E-state index < -0.39 is 0 Å². The number of carbonyl (C=O) groups excluding carboxylic acids is 1. The smallest absolute Gasteiger partial charge is 0.271 e. The lowest BCUT2D eigenvalue weighted by molar-refractivity contribution is 0.0955. The van der Waals surface area contributed by atoms with Gasteiger partial charge in [0.05, 0.1) is 6.21 Å². The molecule has 3 aromatic carbocycles. The molecule has 0 heterocycles. The van der Waals surface area contributed by atoms with Crippen molar-refractivity contribution in [1.29, 1.82) is 0 Å². The summed E-state index contributed by atoms with van der Waals surface area (Å²) in [5, 5.41) is 5.14. The van der Waals surface area contributed by atoms with Crippen LogP contribution in [-0.4, -0.2) is 26.2 Å². The van der Waals surface area contributed by atoms with Crippen molar-refractivity contribution in [2.24, 2.45) is 5.10 Å². The van der Waals surface area contributed by atoms with E-state index in [2.05, 4.69) is 10.5 Å². The van der Waals surface area contributed by atoms with Crippen LogP contribution in [0.5, 0.6) is 5.75 Å². The molecule has 3 rings (SSSR count). The van der Waals surface area contributed by atoms with E-state index in [4.69, 9.17) is 27.9 Å². The largest absolute Gasteiger partial charge is 0.489 e. The Bertz CT molecular complexity index is 1030. The third-order valence-corrected chi connectivity index (χ3v) is 4.90. The first kappa shape index (κ1) is 21.7. The van der Waals surface area contributed by atoms with Crippen molar-refractivity contribution >= 4 is 41.0 Å². The summed E-state index contributed by atoms with van der Waals surface area (Å²) in [5.74, 6) is 0.325. The predicted molar refractivity (Wildman–Crippen MR) is 123 cm³/mol. The molecule has 0 aliphatic carbocycles. The molecule has 0 atom stereocenters. The topological polar surface area (TPSA) is 53.9 Å². The van der Waals surface area contributed by atoms with Crippen LogP contribution in [0.4, 0.5) is 5.69 Å². The predicted octanol–water partition coefficient (Wildman–Crippen LogP) is 5.40. The second kappa shape index (κ2) is 10.1. The molecule has 7 heteroatoms. The van der Waals surface area contributed by atoms with Crippen LogP contribution in [0.1, 0.15) is 21.5 Å². The van der Waals surface area contributed by atoms with Crippen LogP contribution in [0, 0.1) is 0 Å². The van der Waals surface area contributed by atoms with Gasteiger partial charge >= 0.3 is 0 Å². The molecular weight excluding hydrogens is 421 g/mol. The number of hydrazone groups is 1. The highest BCUT2D eigenvalue weighted by atomic mass is 35.5. The Morgan fingerprint density at radius 2 is 1.73 bits per heavy atom. The number of amides is 1. The molecule has 30 heavy (non-hydrogen) atoms. The molecule has 3 aromatic rings. The quantitative estimate of drug-likeness (QED) is 0.394. The Morgan fingerprint density at radius 3 is 2.37 bits per heavy atom. The summed E-state index contributed by atoms with van der Waals surface area (Å²) in [4.78, 5) is 14.3. The molecule has 0 radical (unpaired) electrons. The van der Waals surface area contributed by atoms with Gasteiger partial charge in [-0.05, 0) is 54.1 Å². The van der Waals surface area contributed by atoms with Crippen molar-refractivity contribution < 1.29 is 9.53 Å². The summed E-state index contributed by atoms with van der Waals surface area (Å²) < 4.78 is 5.72. The summed E-state index contributed by atoms with van der Waals surface area (Å²) in [5.41, 5.74) is 5.82. The van der Waals surface area contributed by atoms with Gasteiger partial charge in [-0.25, -0.2) is 5.43 Å². The molecule has 0 spiro atoms. The highest BCUT2D eigenvalue weighted by molar-refractivity contribution is 6.35. The van der Waals surface area contributed by atoms with Gasteiger partial charge in [-0.15, -0.1) is 0 Å². The van der Waals surface area contributed by atoms with Gasteiger partial charge in [-0.1, -0.05) is 41.4 Å². The summed E-state index contributed by atoms with van der Waals surface area (Å²) in [6.45, 7) is 0.304. The molecule has 0 fully saturated rings. The van der Waals surface area contributed by atoms with Crippen molar-refractivity contribution in [2.75, 3.05) is 19.0 Å². The third kappa shape index (κ3) is 5.99. The summed E-state index contributed by atoms with van der Waals surface area (Å²) in [7, 11) is 3.96. The number of ether oxygens (including phenoxy) is 1. The number of halogens is 2. The molecular formula is C23H21Cl2N3O2. The Morgan fingerprint density at radius 1 is 1.03 bits per heavy atom. The first-order valence-electron chi connectivity index (χ1n) is 9.20. The molecule has 0 aliphatic rings. The standard InChI is InChI=1S/C23H21Cl2N3O2/c1-28(2)20-9-3-16(4-10-20)14-26-27-23(29)17-6-11-21(12-7-17)30-15-18-5-8-19(24)13-22(18)25/h3-14H,15H2,1-2H3,(H,27,29)/b26-14-. The highest BCUT2D eigenvalue weighted by Crippen LogP contribution is 2.23. The highest BCUT2D eigenvalue weighted by Gasteiger charge is 2.06. The molecule has 1 N–H and O–H groups in total. The number of benzene rings is 3. The van der Waals surface area contributed by atoms with E-state index in [0.717, 1.165) is 16.8 Å². The van der Waals surface area contributed by atoms with E-state index in [0.29, 0.717) is 28.0 Å². The molecule has 0 saturated carbocycles. The zero-order valence-corrected chi connectivity index (χ0v) is 18.1. The minimum Gasteiger partial charge on any atom is -0.489 e. The van der Waals surface area contributed by atoms with Crippen LogP contribution in [-0.2, 0) is 6.61 Å². The van der Waals surface area contributed by atoms with Crippen LogP contribution in [0.15, 0.2) is 71.8 Å². The first-order valence-corrected chi connectivity index (χ1v) is 9.95. The van der Waals surface area contributed by atoms with E-state index in [1.807, 2.05) is 49.3 Å². The maximum absolute atomic E-state index is 12.2. The van der Waals surface area contributed by atoms with E-state index >= 15 is 0 Å². The summed E-state index contributed by atoms with van der Waals surface area (Å²) in [6, 6.07) is 19.9. The zero-order valence-electron chi connectivity index (χ0n) is 16.6. The van der Waals surface area contributed by atoms with Gasteiger partial charge in [-0.3, -0.25) is 4.79 Å². The van der Waals surface area contributed by atoms with Crippen LogP contribution in [0.2, 0.25) is 10.0 Å². The van der Waals surface area contributed by atoms with Gasteiger partial charge in [0.15, 0.2) is 0 Å². The van der Waals surface area contributed by atoms with Crippen molar-refractivity contribution in [3.05, 3.63) is 93.5 Å². The number of nitrogens with zero attached hydrogens (tertiary/aromatic N) is 2. The molecule has 0 aromatic heterocycles. The molecule has 154 valence electrons. The summed E-state index contributed by atoms with van der Waals surface area (Å²) in [6.07, 6.45) is 1.60. The van der Waals surface area contributed by atoms with Crippen molar-refractivity contribution in [3.8, 4) is 5.75 Å². The number of hydrogen-bond acceptors (Lipinski definition) is 4. The van der Waals surface area contributed by atoms with Gasteiger partial charge in [0.1, 0.15) is 12.4 Å². The molecule has 0 unspecified atom stereocenters. The molecule has 5 nitrogen and oxygen atoms in total. The minimum absolute atomic E-state index is 0.302. The van der Waals surface area contributed by atoms with E-state index in [1.165, 1.54) is 0 Å². The van der Waals surface area contributed by atoms with Crippen LogP contribution >= 0.6 is 23.2 Å². The van der Waals surface area contributed by atoms with E-state index in [9.17, 15) is 4.79 Å². The maximum Gasteiger partial charge on any atom is 0.271 e. The second-order valence-corrected chi connectivity index (χ2v) is 7.58. The fourth-order valence-electron chi connectivity index (χ4n) is 2.59. The Labute approximate surface area is 185 Å². The van der Waals surface area contributed by atoms with E-state index in [1.54, 1.807) is 42.6 Å². The Balaban J connectivity index is 1.53. The zero-order chi connectivity index (χ0) is 21.5. The molecule has 0 aliphatic heterocycles. The SMILES string of the molecule is CN(C)c1ccc(/C=N\NC(=O)c2ccc(OCc3ccc(Cl)cc3Cl)cc2)cc1. The molecule has 1 amide bonds. The minimum atomic E-state index is -0.302. The van der Waals surface area contributed by atoms with Crippen LogP contribution in [0.3, 0.4) is 0 Å². The van der Waals surface area contributed by atoms with Gasteiger partial charge < -0.3 is 9.64 Å². The molecule has 0 bridgehead atoms. The van der Waals surface area contributed by atoms with Crippen LogP contribution in [0.25, 0.3) is 0 Å². The van der Waals surface area contributed by atoms with Crippen molar-refractivity contribution in [2.45, 2.75) is 6.61 Å². The van der Waals surface area contributed by atoms with Gasteiger partial charge in [0, 0.05) is 41.0 Å². The van der Waals surface area contributed by atoms with Gasteiger partial charge in [-0.2, -0.15) is 5.10 Å². The maximum atomic E-state index is 12.2. The lowest BCUT2D eigenvalue weighted by atomic mass is 10.2. The van der Waals surface area contributed by atoms with Crippen LogP contribution < -0.4 is 15.1 Å². The normalized spacial score (nSPS) is 10.8. The number of nitrogens with one attached hydrogen (secondary N) is 1. The third-order valence-electron chi connectivity index (χ3n) is 4.32. The Hall–Kier alpha value is -3.02. The average Bonchev–Trinajstić information content (AvgIpc) is 2.74. The van der Waals surface area contributed by atoms with Gasteiger partial charge in [0.25, 0.3) is 5.91 Å². The van der Waals surface area contributed by atoms with Gasteiger partial charge in [0.2, 0.25) is 0 Å². The van der Waals surface area contributed by atoms with Crippen molar-refractivity contribution in [1.82, 2.24) is 5.43 Å². The van der Waals surface area contributed by atoms with E-state index in [-0.39, 0.29) is 5.91 Å². The fourth-order valence-corrected chi connectivity index (χ4v) is 3.05. The monoisotopic (exact) mass is 441 g/mol. The first-order chi connectivity index (χ1) is 14.4. The lowest BCUT2D eigenvalue weighted by Crippen LogP contribution is -2.17.